The number of aromatic carboxylic acids is 1. The van der Waals surface area contributed by atoms with E-state index >= 15 is 0 Å². The van der Waals surface area contributed by atoms with E-state index in [-0.39, 0.29) is 5.56 Å². The number of aryl methyl sites for hydroxylation is 2. The predicted octanol–water partition coefficient (Wildman–Crippen LogP) is 3.33. The molecule has 0 saturated carbocycles. The number of rotatable bonds is 2. The predicted molar refractivity (Wildman–Crippen MR) is 73.3 cm³/mol. The van der Waals surface area contributed by atoms with E-state index in [4.69, 9.17) is 5.11 Å². The highest BCUT2D eigenvalue weighted by Gasteiger charge is 2.11. The molecule has 96 valence electrons. The summed E-state index contributed by atoms with van der Waals surface area (Å²) in [6, 6.07) is 8.08. The molecule has 0 aliphatic heterocycles. The van der Waals surface area contributed by atoms with E-state index in [1.165, 1.54) is 30.2 Å². The van der Waals surface area contributed by atoms with Crippen LogP contribution in [0.1, 0.15) is 34.3 Å². The summed E-state index contributed by atoms with van der Waals surface area (Å²) >= 11 is 0. The number of pyridine rings is 1. The molecule has 0 saturated heterocycles. The molecule has 0 amide bonds. The van der Waals surface area contributed by atoms with Gasteiger partial charge in [0.2, 0.25) is 0 Å². The second-order valence-corrected chi connectivity index (χ2v) is 4.96. The van der Waals surface area contributed by atoms with Gasteiger partial charge in [-0.3, -0.25) is 4.98 Å². The molecule has 0 radical (unpaired) electrons. The SMILES string of the molecule is O=C(O)c1cncc(-c2ccc3c(c2)CCCC3)c1. The highest BCUT2D eigenvalue weighted by Crippen LogP contribution is 2.27. The third kappa shape index (κ3) is 2.36. The Hall–Kier alpha value is -2.16. The molecule has 0 atom stereocenters. The van der Waals surface area contributed by atoms with Crippen molar-refractivity contribution >= 4 is 5.97 Å². The fourth-order valence-corrected chi connectivity index (χ4v) is 2.63. The van der Waals surface area contributed by atoms with Crippen molar-refractivity contribution in [1.29, 1.82) is 0 Å². The van der Waals surface area contributed by atoms with Crippen molar-refractivity contribution in [1.82, 2.24) is 4.98 Å². The Morgan fingerprint density at radius 1 is 1.00 bits per heavy atom. The summed E-state index contributed by atoms with van der Waals surface area (Å²) in [4.78, 5) is 15.0. The number of benzene rings is 1. The zero-order chi connectivity index (χ0) is 13.2. The fraction of sp³-hybridized carbons (Fsp3) is 0.250. The molecule has 1 aliphatic carbocycles. The Kier molecular flexibility index (Phi) is 3.03. The molecule has 0 spiro atoms. The number of hydrogen-bond acceptors (Lipinski definition) is 2. The summed E-state index contributed by atoms with van der Waals surface area (Å²) in [5.74, 6) is -0.938. The molecule has 19 heavy (non-hydrogen) atoms. The number of aromatic nitrogens is 1. The Labute approximate surface area is 111 Å². The average Bonchev–Trinajstić information content (AvgIpc) is 2.47. The molecule has 2 aromatic rings. The molecule has 3 heteroatoms. The minimum Gasteiger partial charge on any atom is -0.478 e. The molecule has 3 nitrogen and oxygen atoms in total. The van der Waals surface area contributed by atoms with Crippen molar-refractivity contribution in [3.63, 3.8) is 0 Å². The minimum absolute atomic E-state index is 0.232. The molecule has 1 N–H and O–H groups in total. The second kappa shape index (κ2) is 4.84. The highest BCUT2D eigenvalue weighted by molar-refractivity contribution is 5.88. The van der Waals surface area contributed by atoms with Crippen molar-refractivity contribution < 1.29 is 9.90 Å². The smallest absolute Gasteiger partial charge is 0.337 e. The van der Waals surface area contributed by atoms with Gasteiger partial charge in [0.25, 0.3) is 0 Å². The van der Waals surface area contributed by atoms with Crippen molar-refractivity contribution in [2.75, 3.05) is 0 Å². The van der Waals surface area contributed by atoms with Gasteiger partial charge in [-0.2, -0.15) is 0 Å². The van der Waals surface area contributed by atoms with Gasteiger partial charge in [-0.1, -0.05) is 18.2 Å². The lowest BCUT2D eigenvalue weighted by Gasteiger charge is -2.16. The zero-order valence-corrected chi connectivity index (χ0v) is 10.6. The Balaban J connectivity index is 2.02. The summed E-state index contributed by atoms with van der Waals surface area (Å²) in [5, 5.41) is 9.01. The quantitative estimate of drug-likeness (QED) is 0.893. The van der Waals surface area contributed by atoms with Crippen LogP contribution in [-0.2, 0) is 12.8 Å². The molecule has 0 unspecified atom stereocenters. The van der Waals surface area contributed by atoms with Gasteiger partial charge < -0.3 is 5.11 Å². The second-order valence-electron chi connectivity index (χ2n) is 4.96. The first-order valence-corrected chi connectivity index (χ1v) is 6.54. The molecule has 0 fully saturated rings. The van der Waals surface area contributed by atoms with Gasteiger partial charge in [-0.05, 0) is 48.4 Å². The minimum atomic E-state index is -0.938. The first kappa shape index (κ1) is 11.9. The maximum Gasteiger partial charge on any atom is 0.337 e. The van der Waals surface area contributed by atoms with Crippen molar-refractivity contribution in [2.45, 2.75) is 25.7 Å². The van der Waals surface area contributed by atoms with Crippen molar-refractivity contribution in [3.05, 3.63) is 53.3 Å². The van der Waals surface area contributed by atoms with E-state index in [0.29, 0.717) is 0 Å². The molecular weight excluding hydrogens is 238 g/mol. The Morgan fingerprint density at radius 2 is 1.79 bits per heavy atom. The number of fused-ring (bicyclic) bond motifs is 1. The van der Waals surface area contributed by atoms with Crippen LogP contribution < -0.4 is 0 Å². The van der Waals surface area contributed by atoms with E-state index in [2.05, 4.69) is 23.2 Å². The van der Waals surface area contributed by atoms with Gasteiger partial charge in [-0.15, -0.1) is 0 Å². The van der Waals surface area contributed by atoms with Crippen LogP contribution in [0.25, 0.3) is 11.1 Å². The summed E-state index contributed by atoms with van der Waals surface area (Å²) in [5.41, 5.74) is 4.97. The molecule has 3 rings (SSSR count). The number of hydrogen-bond donors (Lipinski definition) is 1. The van der Waals surface area contributed by atoms with Crippen LogP contribution in [0.2, 0.25) is 0 Å². The molecule has 0 bridgehead atoms. The van der Waals surface area contributed by atoms with Crippen LogP contribution in [0.15, 0.2) is 36.7 Å². The topological polar surface area (TPSA) is 50.2 Å². The lowest BCUT2D eigenvalue weighted by atomic mass is 9.89. The maximum atomic E-state index is 11.0. The van der Waals surface area contributed by atoms with Crippen LogP contribution in [0, 0.1) is 0 Å². The molecule has 1 aliphatic rings. The van der Waals surface area contributed by atoms with Gasteiger partial charge in [-0.25, -0.2) is 4.79 Å². The van der Waals surface area contributed by atoms with Crippen LogP contribution in [0.5, 0.6) is 0 Å². The van der Waals surface area contributed by atoms with Crippen LogP contribution in [0.4, 0.5) is 0 Å². The van der Waals surface area contributed by atoms with Crippen molar-refractivity contribution in [3.8, 4) is 11.1 Å². The number of nitrogens with zero attached hydrogens (tertiary/aromatic N) is 1. The third-order valence-corrected chi connectivity index (χ3v) is 3.67. The van der Waals surface area contributed by atoms with Gasteiger partial charge in [0.05, 0.1) is 5.56 Å². The number of carbonyl (C=O) groups is 1. The summed E-state index contributed by atoms with van der Waals surface area (Å²) in [7, 11) is 0. The number of carboxylic acids is 1. The largest absolute Gasteiger partial charge is 0.478 e. The maximum absolute atomic E-state index is 11.0. The van der Waals surface area contributed by atoms with E-state index in [9.17, 15) is 4.79 Å². The van der Waals surface area contributed by atoms with E-state index in [1.807, 2.05) is 0 Å². The monoisotopic (exact) mass is 253 g/mol. The van der Waals surface area contributed by atoms with E-state index < -0.39 is 5.97 Å². The first-order chi connectivity index (χ1) is 9.24. The molecule has 1 aromatic heterocycles. The van der Waals surface area contributed by atoms with Gasteiger partial charge in [0.15, 0.2) is 0 Å². The molecule has 1 heterocycles. The van der Waals surface area contributed by atoms with Crippen LogP contribution in [-0.4, -0.2) is 16.1 Å². The van der Waals surface area contributed by atoms with Gasteiger partial charge in [0, 0.05) is 18.0 Å². The van der Waals surface area contributed by atoms with E-state index in [0.717, 1.165) is 24.0 Å². The molecular formula is C16H15NO2. The zero-order valence-electron chi connectivity index (χ0n) is 10.6. The third-order valence-electron chi connectivity index (χ3n) is 3.67. The van der Waals surface area contributed by atoms with Crippen LogP contribution in [0.3, 0.4) is 0 Å². The standard InChI is InChI=1S/C16H15NO2/c18-16(19)15-8-14(9-17-10-15)13-6-5-11-3-1-2-4-12(11)7-13/h5-10H,1-4H2,(H,18,19). The normalized spacial score (nSPS) is 13.9. The number of carboxylic acid groups (broad SMARTS) is 1. The van der Waals surface area contributed by atoms with Crippen molar-refractivity contribution in [2.24, 2.45) is 0 Å². The average molecular weight is 253 g/mol. The summed E-state index contributed by atoms with van der Waals surface area (Å²) in [6.07, 6.45) is 7.88. The fourth-order valence-electron chi connectivity index (χ4n) is 2.63. The lowest BCUT2D eigenvalue weighted by Crippen LogP contribution is -2.02. The lowest BCUT2D eigenvalue weighted by molar-refractivity contribution is 0.0696. The van der Waals surface area contributed by atoms with Crippen LogP contribution >= 0.6 is 0 Å². The summed E-state index contributed by atoms with van der Waals surface area (Å²) < 4.78 is 0. The van der Waals surface area contributed by atoms with Gasteiger partial charge in [0.1, 0.15) is 0 Å². The van der Waals surface area contributed by atoms with Gasteiger partial charge >= 0.3 is 5.97 Å². The van der Waals surface area contributed by atoms with E-state index in [1.54, 1.807) is 12.3 Å². The summed E-state index contributed by atoms with van der Waals surface area (Å²) in [6.45, 7) is 0. The highest BCUT2D eigenvalue weighted by atomic mass is 16.4. The molecule has 1 aromatic carbocycles. The first-order valence-electron chi connectivity index (χ1n) is 6.54. The Morgan fingerprint density at radius 3 is 2.58 bits per heavy atom. The Bertz CT molecular complexity index is 634.